The van der Waals surface area contributed by atoms with Crippen molar-refractivity contribution in [2.75, 3.05) is 52.9 Å². The highest BCUT2D eigenvalue weighted by Gasteiger charge is 2.45. The van der Waals surface area contributed by atoms with Crippen LogP contribution in [-0.2, 0) is 9.53 Å². The molecule has 2 aliphatic rings. The molecule has 5 nitrogen and oxygen atoms in total. The maximum absolute atomic E-state index is 12.5. The number of ether oxygens (including phenoxy) is 1. The van der Waals surface area contributed by atoms with Gasteiger partial charge in [-0.25, -0.2) is 0 Å². The second-order valence-electron chi connectivity index (χ2n) is 5.90. The summed E-state index contributed by atoms with van der Waals surface area (Å²) in [6.45, 7) is 9.32. The fourth-order valence-corrected chi connectivity index (χ4v) is 3.60. The van der Waals surface area contributed by atoms with Crippen molar-refractivity contribution < 1.29 is 9.53 Å². The molecule has 2 fully saturated rings. The van der Waals surface area contributed by atoms with Gasteiger partial charge in [-0.1, -0.05) is 6.92 Å². The normalized spacial score (nSPS) is 30.5. The van der Waals surface area contributed by atoms with Crippen LogP contribution in [0.4, 0.5) is 0 Å². The van der Waals surface area contributed by atoms with Crippen molar-refractivity contribution in [1.29, 1.82) is 0 Å². The van der Waals surface area contributed by atoms with E-state index >= 15 is 0 Å². The molecule has 0 aromatic rings. The third kappa shape index (κ3) is 3.32. The van der Waals surface area contributed by atoms with Gasteiger partial charge in [-0.05, 0) is 45.3 Å². The van der Waals surface area contributed by atoms with Crippen LogP contribution in [0.5, 0.6) is 0 Å². The predicted molar refractivity (Wildman–Crippen MR) is 79.8 cm³/mol. The second kappa shape index (κ2) is 7.38. The van der Waals surface area contributed by atoms with Crippen LogP contribution < -0.4 is 5.32 Å². The first kappa shape index (κ1) is 15.7. The second-order valence-corrected chi connectivity index (χ2v) is 5.90. The van der Waals surface area contributed by atoms with E-state index < -0.39 is 5.54 Å². The Morgan fingerprint density at radius 1 is 1.15 bits per heavy atom. The minimum Gasteiger partial charge on any atom is -0.468 e. The van der Waals surface area contributed by atoms with Crippen molar-refractivity contribution in [1.82, 2.24) is 15.1 Å². The zero-order valence-corrected chi connectivity index (χ0v) is 13.0. The molecule has 1 N–H and O–H groups in total. The highest BCUT2D eigenvalue weighted by molar-refractivity contribution is 5.80. The van der Waals surface area contributed by atoms with E-state index in [1.165, 1.54) is 7.11 Å². The number of hydrogen-bond donors (Lipinski definition) is 1. The Morgan fingerprint density at radius 3 is 2.75 bits per heavy atom. The van der Waals surface area contributed by atoms with Gasteiger partial charge in [0.1, 0.15) is 5.54 Å². The van der Waals surface area contributed by atoms with Crippen LogP contribution in [0.25, 0.3) is 0 Å². The third-order valence-electron chi connectivity index (χ3n) is 4.86. The van der Waals surface area contributed by atoms with E-state index in [9.17, 15) is 4.79 Å². The lowest BCUT2D eigenvalue weighted by Gasteiger charge is -2.40. The van der Waals surface area contributed by atoms with Gasteiger partial charge >= 0.3 is 5.97 Å². The van der Waals surface area contributed by atoms with Gasteiger partial charge in [-0.2, -0.15) is 0 Å². The highest BCUT2D eigenvalue weighted by Crippen LogP contribution is 2.31. The molecule has 116 valence electrons. The summed E-state index contributed by atoms with van der Waals surface area (Å²) in [6, 6.07) is 0. The number of carbonyl (C=O) groups is 1. The Balaban J connectivity index is 2.17. The summed E-state index contributed by atoms with van der Waals surface area (Å²) >= 11 is 0. The molecule has 2 heterocycles. The third-order valence-corrected chi connectivity index (χ3v) is 4.86. The van der Waals surface area contributed by atoms with Crippen molar-refractivity contribution >= 4 is 5.97 Å². The average molecular weight is 283 g/mol. The Kier molecular flexibility index (Phi) is 5.81. The summed E-state index contributed by atoms with van der Waals surface area (Å²) in [4.78, 5) is 17.4. The maximum Gasteiger partial charge on any atom is 0.326 e. The number of nitrogens with one attached hydrogen (secondary N) is 1. The molecule has 0 aliphatic carbocycles. The summed E-state index contributed by atoms with van der Waals surface area (Å²) in [5, 5.41) is 3.42. The van der Waals surface area contributed by atoms with Gasteiger partial charge in [0, 0.05) is 26.2 Å². The summed E-state index contributed by atoms with van der Waals surface area (Å²) in [7, 11) is 1.53. The molecule has 20 heavy (non-hydrogen) atoms. The SMILES string of the molecule is CCN1CCCC(C(=O)OC)(N2CCCNCC2)CC1. The van der Waals surface area contributed by atoms with E-state index in [2.05, 4.69) is 22.0 Å². The molecule has 0 spiro atoms. The lowest BCUT2D eigenvalue weighted by molar-refractivity contribution is -0.156. The van der Waals surface area contributed by atoms with E-state index in [1.54, 1.807) is 0 Å². The standard InChI is InChI=1S/C15H29N3O2/c1-3-17-10-4-6-15(7-12-17,14(19)20-2)18-11-5-8-16-9-13-18/h16H,3-13H2,1-2H3. The average Bonchev–Trinajstić information content (AvgIpc) is 2.87. The van der Waals surface area contributed by atoms with Gasteiger partial charge in [0.25, 0.3) is 0 Å². The summed E-state index contributed by atoms with van der Waals surface area (Å²) in [5.74, 6) is -0.0302. The summed E-state index contributed by atoms with van der Waals surface area (Å²) in [6.07, 6.45) is 4.01. The van der Waals surface area contributed by atoms with E-state index in [1.807, 2.05) is 0 Å². The number of nitrogens with zero attached hydrogens (tertiary/aromatic N) is 2. The minimum atomic E-state index is -0.398. The zero-order chi connectivity index (χ0) is 14.4. The van der Waals surface area contributed by atoms with Crippen LogP contribution in [0, 0.1) is 0 Å². The van der Waals surface area contributed by atoms with Crippen LogP contribution in [0.1, 0.15) is 32.6 Å². The molecule has 0 aromatic carbocycles. The van der Waals surface area contributed by atoms with Gasteiger partial charge in [0.15, 0.2) is 0 Å². The Morgan fingerprint density at radius 2 is 2.00 bits per heavy atom. The minimum absolute atomic E-state index is 0.0302. The monoisotopic (exact) mass is 283 g/mol. The number of carbonyl (C=O) groups excluding carboxylic acids is 1. The molecule has 0 amide bonds. The molecule has 2 aliphatic heterocycles. The Bertz CT molecular complexity index is 316. The molecule has 2 saturated heterocycles. The number of likely N-dealkylation sites (tertiary alicyclic amines) is 1. The molecule has 2 rings (SSSR count). The lowest BCUT2D eigenvalue weighted by Crippen LogP contribution is -2.56. The number of esters is 1. The van der Waals surface area contributed by atoms with Crippen LogP contribution in [0.2, 0.25) is 0 Å². The molecule has 1 unspecified atom stereocenters. The van der Waals surface area contributed by atoms with Gasteiger partial charge < -0.3 is 15.0 Å². The molecule has 1 atom stereocenters. The van der Waals surface area contributed by atoms with Crippen molar-refractivity contribution in [3.63, 3.8) is 0 Å². The number of methoxy groups -OCH3 is 1. The van der Waals surface area contributed by atoms with Crippen LogP contribution in [0.3, 0.4) is 0 Å². The molecule has 0 saturated carbocycles. The van der Waals surface area contributed by atoms with Gasteiger partial charge in [-0.3, -0.25) is 9.69 Å². The predicted octanol–water partition coefficient (Wildman–Crippen LogP) is 0.699. The quantitative estimate of drug-likeness (QED) is 0.773. The first-order chi connectivity index (χ1) is 9.73. The largest absolute Gasteiger partial charge is 0.468 e. The van der Waals surface area contributed by atoms with E-state index in [4.69, 9.17) is 4.74 Å². The van der Waals surface area contributed by atoms with Gasteiger partial charge in [0.2, 0.25) is 0 Å². The van der Waals surface area contributed by atoms with E-state index in [0.29, 0.717) is 0 Å². The van der Waals surface area contributed by atoms with Crippen molar-refractivity contribution in [2.24, 2.45) is 0 Å². The summed E-state index contributed by atoms with van der Waals surface area (Å²) < 4.78 is 5.19. The first-order valence-electron chi connectivity index (χ1n) is 7.99. The van der Waals surface area contributed by atoms with Crippen molar-refractivity contribution in [3.05, 3.63) is 0 Å². The van der Waals surface area contributed by atoms with Crippen LogP contribution in [0.15, 0.2) is 0 Å². The first-order valence-corrected chi connectivity index (χ1v) is 7.99. The van der Waals surface area contributed by atoms with Crippen LogP contribution in [-0.4, -0.2) is 74.2 Å². The lowest BCUT2D eigenvalue weighted by atomic mass is 9.88. The molecular formula is C15H29N3O2. The van der Waals surface area contributed by atoms with Crippen molar-refractivity contribution in [3.8, 4) is 0 Å². The smallest absolute Gasteiger partial charge is 0.326 e. The van der Waals surface area contributed by atoms with Crippen LogP contribution >= 0.6 is 0 Å². The Hall–Kier alpha value is -0.650. The molecule has 0 radical (unpaired) electrons. The van der Waals surface area contributed by atoms with Gasteiger partial charge in [-0.15, -0.1) is 0 Å². The molecular weight excluding hydrogens is 254 g/mol. The highest BCUT2D eigenvalue weighted by atomic mass is 16.5. The maximum atomic E-state index is 12.5. The fraction of sp³-hybridized carbons (Fsp3) is 0.933. The van der Waals surface area contributed by atoms with Gasteiger partial charge in [0.05, 0.1) is 7.11 Å². The number of rotatable bonds is 3. The molecule has 0 aromatic heterocycles. The van der Waals surface area contributed by atoms with Crippen molar-refractivity contribution in [2.45, 2.75) is 38.1 Å². The summed E-state index contributed by atoms with van der Waals surface area (Å²) in [5.41, 5.74) is -0.398. The molecule has 0 bridgehead atoms. The topological polar surface area (TPSA) is 44.8 Å². The Labute approximate surface area is 122 Å². The van der Waals surface area contributed by atoms with E-state index in [-0.39, 0.29) is 5.97 Å². The fourth-order valence-electron chi connectivity index (χ4n) is 3.60. The molecule has 5 heteroatoms. The van der Waals surface area contributed by atoms with E-state index in [0.717, 1.165) is 71.5 Å². The zero-order valence-electron chi connectivity index (χ0n) is 13.0. The number of hydrogen-bond acceptors (Lipinski definition) is 5.